The van der Waals surface area contributed by atoms with Crippen molar-refractivity contribution < 1.29 is 19.0 Å². The number of ether oxygens (including phenoxy) is 1. The normalized spacial score (nSPS) is 23.8. The van der Waals surface area contributed by atoms with Crippen LogP contribution in [0.1, 0.15) is 32.8 Å². The van der Waals surface area contributed by atoms with E-state index in [9.17, 15) is 14.3 Å². The third-order valence-corrected chi connectivity index (χ3v) is 4.07. The van der Waals surface area contributed by atoms with Crippen molar-refractivity contribution in [1.82, 2.24) is 4.90 Å². The lowest BCUT2D eigenvalue weighted by Gasteiger charge is -2.33. The highest BCUT2D eigenvalue weighted by Crippen LogP contribution is 2.27. The van der Waals surface area contributed by atoms with Gasteiger partial charge in [0.05, 0.1) is 18.7 Å². The highest BCUT2D eigenvalue weighted by Gasteiger charge is 2.43. The molecule has 1 aromatic carbocycles. The number of benzene rings is 1. The summed E-state index contributed by atoms with van der Waals surface area (Å²) in [6, 6.07) is 8.28. The van der Waals surface area contributed by atoms with Crippen LogP contribution in [-0.4, -0.2) is 52.6 Å². The summed E-state index contributed by atoms with van der Waals surface area (Å²) >= 11 is 0. The minimum Gasteiger partial charge on any atom is -0.444 e. The Kier molecular flexibility index (Phi) is 5.83. The number of aliphatic hydroxyl groups excluding tert-OH is 1. The lowest BCUT2D eigenvalue weighted by molar-refractivity contribution is 0.000710. The molecule has 1 amide bonds. The maximum atomic E-state index is 13.9. The Labute approximate surface area is 142 Å². The largest absolute Gasteiger partial charge is 0.444 e. The van der Waals surface area contributed by atoms with Crippen molar-refractivity contribution in [2.75, 3.05) is 6.54 Å². The van der Waals surface area contributed by atoms with Gasteiger partial charge in [0.1, 0.15) is 11.8 Å². The van der Waals surface area contributed by atoms with Gasteiger partial charge in [-0.3, -0.25) is 4.90 Å². The molecule has 0 aromatic heterocycles. The van der Waals surface area contributed by atoms with Crippen LogP contribution >= 0.6 is 0 Å². The zero-order valence-corrected chi connectivity index (χ0v) is 14.5. The average Bonchev–Trinajstić information content (AvgIpc) is 2.88. The van der Waals surface area contributed by atoms with Crippen LogP contribution in [0.4, 0.5) is 9.18 Å². The molecule has 0 spiro atoms. The van der Waals surface area contributed by atoms with E-state index < -0.39 is 36.1 Å². The zero-order chi connectivity index (χ0) is 17.9. The molecule has 1 saturated heterocycles. The van der Waals surface area contributed by atoms with Gasteiger partial charge in [0.2, 0.25) is 0 Å². The number of hydrogen-bond donors (Lipinski definition) is 2. The van der Waals surface area contributed by atoms with E-state index in [1.165, 1.54) is 4.90 Å². The molecule has 134 valence electrons. The molecule has 0 aliphatic carbocycles. The second-order valence-electron chi connectivity index (χ2n) is 7.38. The molecule has 0 radical (unpaired) electrons. The van der Waals surface area contributed by atoms with Crippen molar-refractivity contribution in [2.45, 2.75) is 63.6 Å². The van der Waals surface area contributed by atoms with E-state index in [1.807, 2.05) is 30.3 Å². The van der Waals surface area contributed by atoms with Crippen molar-refractivity contribution in [1.29, 1.82) is 0 Å². The number of carbonyl (C=O) groups is 1. The number of likely N-dealkylation sites (tertiary alicyclic amines) is 1. The number of nitrogens with two attached hydrogens (primary N) is 1. The van der Waals surface area contributed by atoms with Crippen LogP contribution in [0, 0.1) is 0 Å². The van der Waals surface area contributed by atoms with Crippen LogP contribution in [0.15, 0.2) is 30.3 Å². The fourth-order valence-electron chi connectivity index (χ4n) is 2.96. The molecule has 1 aliphatic heterocycles. The summed E-state index contributed by atoms with van der Waals surface area (Å²) in [4.78, 5) is 13.6. The average molecular weight is 338 g/mol. The lowest BCUT2D eigenvalue weighted by atomic mass is 9.95. The van der Waals surface area contributed by atoms with Crippen LogP contribution in [0.5, 0.6) is 0 Å². The van der Waals surface area contributed by atoms with Gasteiger partial charge in [-0.1, -0.05) is 30.3 Å². The first-order valence-electron chi connectivity index (χ1n) is 8.28. The minimum atomic E-state index is -1.18. The van der Waals surface area contributed by atoms with Gasteiger partial charge in [0, 0.05) is 12.5 Å². The van der Waals surface area contributed by atoms with E-state index >= 15 is 0 Å². The SMILES string of the molecule is CC(C)(C)OC(=O)N1C[C@H](F)C[C@@H]1[C@@H](O)[C@@H](N)Cc1ccccc1. The van der Waals surface area contributed by atoms with Gasteiger partial charge in [0.25, 0.3) is 0 Å². The van der Waals surface area contributed by atoms with Crippen molar-refractivity contribution in [2.24, 2.45) is 5.73 Å². The predicted molar refractivity (Wildman–Crippen MR) is 90.4 cm³/mol. The fraction of sp³-hybridized carbons (Fsp3) is 0.611. The van der Waals surface area contributed by atoms with Crippen LogP contribution in [0.25, 0.3) is 0 Å². The van der Waals surface area contributed by atoms with E-state index in [0.29, 0.717) is 6.42 Å². The first-order valence-corrected chi connectivity index (χ1v) is 8.28. The maximum absolute atomic E-state index is 13.9. The number of carbonyl (C=O) groups excluding carboxylic acids is 1. The van der Waals surface area contributed by atoms with Crippen molar-refractivity contribution in [3.63, 3.8) is 0 Å². The van der Waals surface area contributed by atoms with Crippen molar-refractivity contribution in [3.8, 4) is 0 Å². The molecule has 6 heteroatoms. The summed E-state index contributed by atoms with van der Waals surface area (Å²) < 4.78 is 19.2. The van der Waals surface area contributed by atoms with Crippen LogP contribution in [0.2, 0.25) is 0 Å². The second kappa shape index (κ2) is 7.49. The molecule has 0 bridgehead atoms. The third kappa shape index (κ3) is 4.92. The summed E-state index contributed by atoms with van der Waals surface area (Å²) in [7, 11) is 0. The first-order chi connectivity index (χ1) is 11.2. The van der Waals surface area contributed by atoms with Gasteiger partial charge in [-0.15, -0.1) is 0 Å². The van der Waals surface area contributed by atoms with Crippen LogP contribution < -0.4 is 5.73 Å². The zero-order valence-electron chi connectivity index (χ0n) is 14.5. The van der Waals surface area contributed by atoms with Crippen LogP contribution in [-0.2, 0) is 11.2 Å². The van der Waals surface area contributed by atoms with Crippen molar-refractivity contribution in [3.05, 3.63) is 35.9 Å². The molecule has 5 nitrogen and oxygen atoms in total. The predicted octanol–water partition coefficient (Wildman–Crippen LogP) is 2.26. The third-order valence-electron chi connectivity index (χ3n) is 4.07. The Morgan fingerprint density at radius 3 is 2.62 bits per heavy atom. The number of alkyl halides is 1. The standard InChI is InChI=1S/C18H27FN2O3/c1-18(2,3)24-17(23)21-11-13(19)10-15(21)16(22)14(20)9-12-7-5-4-6-8-12/h4-8,13-16,22H,9-11,20H2,1-3H3/t13-,14+,15-,16+/m1/s1. The minimum absolute atomic E-state index is 0.0723. The maximum Gasteiger partial charge on any atom is 0.410 e. The monoisotopic (exact) mass is 338 g/mol. The molecular formula is C18H27FN2O3. The van der Waals surface area contributed by atoms with Gasteiger partial charge in [-0.05, 0) is 32.8 Å². The molecule has 24 heavy (non-hydrogen) atoms. The molecule has 1 aliphatic rings. The smallest absolute Gasteiger partial charge is 0.410 e. The summed E-state index contributed by atoms with van der Waals surface area (Å²) in [5, 5.41) is 10.6. The number of hydrogen-bond acceptors (Lipinski definition) is 4. The highest BCUT2D eigenvalue weighted by molar-refractivity contribution is 5.69. The van der Waals surface area contributed by atoms with Gasteiger partial charge < -0.3 is 15.6 Å². The number of halogens is 1. The number of nitrogens with zero attached hydrogens (tertiary/aromatic N) is 1. The summed E-state index contributed by atoms with van der Waals surface area (Å²) in [6.45, 7) is 5.18. The lowest BCUT2D eigenvalue weighted by Crippen LogP contribution is -2.52. The Hall–Kier alpha value is -1.66. The highest BCUT2D eigenvalue weighted by atomic mass is 19.1. The second-order valence-corrected chi connectivity index (χ2v) is 7.38. The molecule has 4 atom stereocenters. The fourth-order valence-corrected chi connectivity index (χ4v) is 2.96. The van der Waals surface area contributed by atoms with E-state index in [2.05, 4.69) is 0 Å². The Bertz CT molecular complexity index is 547. The number of amides is 1. The van der Waals surface area contributed by atoms with E-state index in [1.54, 1.807) is 20.8 Å². The molecular weight excluding hydrogens is 311 g/mol. The Morgan fingerprint density at radius 1 is 1.42 bits per heavy atom. The van der Waals surface area contributed by atoms with E-state index in [4.69, 9.17) is 10.5 Å². The van der Waals surface area contributed by atoms with E-state index in [-0.39, 0.29) is 13.0 Å². The molecule has 0 unspecified atom stereocenters. The molecule has 2 rings (SSSR count). The molecule has 1 heterocycles. The molecule has 0 saturated carbocycles. The van der Waals surface area contributed by atoms with Gasteiger partial charge >= 0.3 is 6.09 Å². The van der Waals surface area contributed by atoms with Crippen molar-refractivity contribution >= 4 is 6.09 Å². The summed E-state index contributed by atoms with van der Waals surface area (Å²) in [5.41, 5.74) is 6.43. The van der Waals surface area contributed by atoms with Crippen LogP contribution in [0.3, 0.4) is 0 Å². The van der Waals surface area contributed by atoms with E-state index in [0.717, 1.165) is 5.56 Å². The molecule has 3 N–H and O–H groups in total. The van der Waals surface area contributed by atoms with Gasteiger partial charge in [-0.25, -0.2) is 9.18 Å². The Balaban J connectivity index is 2.05. The molecule has 1 aromatic rings. The number of rotatable bonds is 4. The first kappa shape index (κ1) is 18.7. The topological polar surface area (TPSA) is 75.8 Å². The Morgan fingerprint density at radius 2 is 2.04 bits per heavy atom. The van der Waals surface area contributed by atoms with Gasteiger partial charge in [-0.2, -0.15) is 0 Å². The van der Waals surface area contributed by atoms with Gasteiger partial charge in [0.15, 0.2) is 0 Å². The number of aliphatic hydroxyl groups is 1. The summed E-state index contributed by atoms with van der Waals surface area (Å²) in [6.07, 6.45) is -2.28. The molecule has 1 fully saturated rings. The quantitative estimate of drug-likeness (QED) is 0.883. The summed E-state index contributed by atoms with van der Waals surface area (Å²) in [5.74, 6) is 0.